The van der Waals surface area contributed by atoms with Gasteiger partial charge >= 0.3 is 0 Å². The first-order valence-corrected chi connectivity index (χ1v) is 4.86. The Labute approximate surface area is 71.4 Å². The molecule has 0 fully saturated rings. The van der Waals surface area contributed by atoms with E-state index in [-0.39, 0.29) is 0 Å². The second-order valence-corrected chi connectivity index (χ2v) is 3.58. The third-order valence-corrected chi connectivity index (χ3v) is 3.47. The second kappa shape index (κ2) is 4.76. The molecule has 1 nitrogen and oxygen atoms in total. The van der Waals surface area contributed by atoms with Gasteiger partial charge in [-0.1, -0.05) is 34.1 Å². The van der Waals surface area contributed by atoms with E-state index in [2.05, 4.69) is 27.7 Å². The van der Waals surface area contributed by atoms with E-state index in [1.807, 2.05) is 0 Å². The minimum absolute atomic E-state index is 0.411. The standard InChI is InChI=1S/C10H23N/c1-5-9(4)10(6-2,7-3)8-11/h9H,5-8,11H2,1-4H3. The van der Waals surface area contributed by atoms with Crippen molar-refractivity contribution >= 4 is 0 Å². The van der Waals surface area contributed by atoms with Gasteiger partial charge in [0.15, 0.2) is 0 Å². The lowest BCUT2D eigenvalue weighted by molar-refractivity contribution is 0.162. The molecule has 0 aromatic carbocycles. The highest BCUT2D eigenvalue weighted by Crippen LogP contribution is 2.35. The highest BCUT2D eigenvalue weighted by molar-refractivity contribution is 4.82. The average Bonchev–Trinajstić information content (AvgIpc) is 2.08. The molecule has 0 aliphatic rings. The van der Waals surface area contributed by atoms with Crippen molar-refractivity contribution in [1.29, 1.82) is 0 Å². The van der Waals surface area contributed by atoms with Gasteiger partial charge in [-0.05, 0) is 30.7 Å². The first-order valence-electron chi connectivity index (χ1n) is 4.86. The molecule has 0 amide bonds. The summed E-state index contributed by atoms with van der Waals surface area (Å²) in [6, 6.07) is 0. The normalized spacial score (nSPS) is 15.0. The van der Waals surface area contributed by atoms with Gasteiger partial charge in [0.2, 0.25) is 0 Å². The number of hydrogen-bond acceptors (Lipinski definition) is 1. The molecule has 1 unspecified atom stereocenters. The topological polar surface area (TPSA) is 26.0 Å². The van der Waals surface area contributed by atoms with E-state index < -0.39 is 0 Å². The van der Waals surface area contributed by atoms with Gasteiger partial charge in [0.1, 0.15) is 0 Å². The quantitative estimate of drug-likeness (QED) is 0.652. The van der Waals surface area contributed by atoms with Crippen LogP contribution in [0.4, 0.5) is 0 Å². The summed E-state index contributed by atoms with van der Waals surface area (Å²) in [6.45, 7) is 9.92. The van der Waals surface area contributed by atoms with Gasteiger partial charge in [-0.3, -0.25) is 0 Å². The van der Waals surface area contributed by atoms with E-state index in [1.165, 1.54) is 19.3 Å². The van der Waals surface area contributed by atoms with Gasteiger partial charge < -0.3 is 5.73 Å². The van der Waals surface area contributed by atoms with Crippen molar-refractivity contribution in [3.05, 3.63) is 0 Å². The van der Waals surface area contributed by atoms with E-state index in [0.717, 1.165) is 12.5 Å². The van der Waals surface area contributed by atoms with Crippen molar-refractivity contribution in [2.45, 2.75) is 47.0 Å². The molecule has 0 aromatic heterocycles. The SMILES string of the molecule is CCC(C)C(CC)(CC)CN. The zero-order valence-corrected chi connectivity index (χ0v) is 8.48. The summed E-state index contributed by atoms with van der Waals surface area (Å²) in [5.74, 6) is 0.766. The first-order chi connectivity index (χ1) is 5.16. The molecule has 0 rings (SSSR count). The average molecular weight is 157 g/mol. The molecule has 0 saturated carbocycles. The van der Waals surface area contributed by atoms with Crippen LogP contribution in [0.15, 0.2) is 0 Å². The lowest BCUT2D eigenvalue weighted by Gasteiger charge is -2.36. The van der Waals surface area contributed by atoms with Crippen LogP contribution in [-0.4, -0.2) is 6.54 Å². The summed E-state index contributed by atoms with van der Waals surface area (Å²) in [4.78, 5) is 0. The molecule has 0 spiro atoms. The summed E-state index contributed by atoms with van der Waals surface area (Å²) < 4.78 is 0. The monoisotopic (exact) mass is 157 g/mol. The molecule has 0 aromatic rings. The van der Waals surface area contributed by atoms with Crippen LogP contribution in [0.3, 0.4) is 0 Å². The smallest absolute Gasteiger partial charge is 0.00182 e. The van der Waals surface area contributed by atoms with E-state index in [9.17, 15) is 0 Å². The molecule has 2 N–H and O–H groups in total. The highest BCUT2D eigenvalue weighted by Gasteiger charge is 2.29. The molecular formula is C10H23N. The van der Waals surface area contributed by atoms with E-state index in [4.69, 9.17) is 5.73 Å². The summed E-state index contributed by atoms with van der Waals surface area (Å²) in [5.41, 5.74) is 6.22. The van der Waals surface area contributed by atoms with Crippen LogP contribution >= 0.6 is 0 Å². The van der Waals surface area contributed by atoms with Crippen LogP contribution in [-0.2, 0) is 0 Å². The molecule has 0 aliphatic heterocycles. The fourth-order valence-electron chi connectivity index (χ4n) is 1.87. The Morgan fingerprint density at radius 2 is 1.64 bits per heavy atom. The zero-order valence-electron chi connectivity index (χ0n) is 8.48. The number of hydrogen-bond donors (Lipinski definition) is 1. The third-order valence-electron chi connectivity index (χ3n) is 3.47. The van der Waals surface area contributed by atoms with Crippen molar-refractivity contribution in [3.8, 4) is 0 Å². The lowest BCUT2D eigenvalue weighted by Crippen LogP contribution is -2.35. The van der Waals surface area contributed by atoms with E-state index in [1.54, 1.807) is 0 Å². The van der Waals surface area contributed by atoms with Crippen molar-refractivity contribution in [2.75, 3.05) is 6.54 Å². The Kier molecular flexibility index (Phi) is 4.74. The molecule has 0 heterocycles. The van der Waals surface area contributed by atoms with Gasteiger partial charge in [0.05, 0.1) is 0 Å². The largest absolute Gasteiger partial charge is 0.330 e. The Hall–Kier alpha value is -0.0400. The van der Waals surface area contributed by atoms with Crippen LogP contribution in [0.25, 0.3) is 0 Å². The molecule has 0 bridgehead atoms. The van der Waals surface area contributed by atoms with Crippen molar-refractivity contribution in [3.63, 3.8) is 0 Å². The molecular weight excluding hydrogens is 134 g/mol. The highest BCUT2D eigenvalue weighted by atomic mass is 14.6. The molecule has 68 valence electrons. The van der Waals surface area contributed by atoms with Gasteiger partial charge in [-0.15, -0.1) is 0 Å². The van der Waals surface area contributed by atoms with E-state index in [0.29, 0.717) is 5.41 Å². The molecule has 1 heteroatoms. The van der Waals surface area contributed by atoms with Gasteiger partial charge in [0, 0.05) is 0 Å². The first kappa shape index (κ1) is 11.0. The summed E-state index contributed by atoms with van der Waals surface area (Å²) >= 11 is 0. The van der Waals surface area contributed by atoms with Crippen molar-refractivity contribution < 1.29 is 0 Å². The zero-order chi connectivity index (χ0) is 8.91. The minimum Gasteiger partial charge on any atom is -0.330 e. The number of nitrogens with two attached hydrogens (primary N) is 1. The van der Waals surface area contributed by atoms with Gasteiger partial charge in [-0.2, -0.15) is 0 Å². The van der Waals surface area contributed by atoms with Crippen LogP contribution in [0.1, 0.15) is 47.0 Å². The van der Waals surface area contributed by atoms with Gasteiger partial charge in [0.25, 0.3) is 0 Å². The maximum atomic E-state index is 5.81. The maximum absolute atomic E-state index is 5.81. The van der Waals surface area contributed by atoms with E-state index >= 15 is 0 Å². The van der Waals surface area contributed by atoms with Gasteiger partial charge in [-0.25, -0.2) is 0 Å². The third kappa shape index (κ3) is 2.19. The fourth-order valence-corrected chi connectivity index (χ4v) is 1.87. The predicted octanol–water partition coefficient (Wildman–Crippen LogP) is 2.80. The fraction of sp³-hybridized carbons (Fsp3) is 1.00. The molecule has 0 aliphatic carbocycles. The summed E-state index contributed by atoms with van der Waals surface area (Å²) in [5, 5.41) is 0. The Bertz CT molecular complexity index is 86.8. The molecule has 11 heavy (non-hydrogen) atoms. The van der Waals surface area contributed by atoms with Crippen LogP contribution < -0.4 is 5.73 Å². The van der Waals surface area contributed by atoms with Crippen LogP contribution in [0.5, 0.6) is 0 Å². The van der Waals surface area contributed by atoms with Crippen molar-refractivity contribution in [1.82, 2.24) is 0 Å². The molecule has 0 radical (unpaired) electrons. The molecule has 0 saturated heterocycles. The molecule has 1 atom stereocenters. The predicted molar refractivity (Wildman–Crippen MR) is 51.5 cm³/mol. The lowest BCUT2D eigenvalue weighted by atomic mass is 9.71. The Morgan fingerprint density at radius 3 is 1.73 bits per heavy atom. The van der Waals surface area contributed by atoms with Crippen molar-refractivity contribution in [2.24, 2.45) is 17.1 Å². The number of rotatable bonds is 5. The second-order valence-electron chi connectivity index (χ2n) is 3.58. The Balaban J connectivity index is 4.26. The maximum Gasteiger partial charge on any atom is -0.00182 e. The van der Waals surface area contributed by atoms with Crippen LogP contribution in [0, 0.1) is 11.3 Å². The Morgan fingerprint density at radius 1 is 1.18 bits per heavy atom. The summed E-state index contributed by atoms with van der Waals surface area (Å²) in [7, 11) is 0. The minimum atomic E-state index is 0.411. The van der Waals surface area contributed by atoms with Crippen LogP contribution in [0.2, 0.25) is 0 Å². The summed E-state index contributed by atoms with van der Waals surface area (Å²) in [6.07, 6.45) is 3.68.